The van der Waals surface area contributed by atoms with Crippen LogP contribution in [0, 0.1) is 5.92 Å². The fraction of sp³-hybridized carbons (Fsp3) is 0.533. The van der Waals surface area contributed by atoms with Gasteiger partial charge in [-0.3, -0.25) is 0 Å². The summed E-state index contributed by atoms with van der Waals surface area (Å²) in [6, 6.07) is 7.69. The molecular weight excluding hydrogens is 238 g/mol. The number of benzene rings is 1. The molecule has 0 atom stereocenters. The molecule has 2 amide bonds. The normalized spacial score (nSPS) is 14.8. The number of urea groups is 1. The molecule has 0 radical (unpaired) electrons. The van der Waals surface area contributed by atoms with E-state index in [1.54, 1.807) is 0 Å². The molecule has 0 aliphatic heterocycles. The number of carbonyl (C=O) groups is 1. The van der Waals surface area contributed by atoms with Gasteiger partial charge in [-0.2, -0.15) is 0 Å². The summed E-state index contributed by atoms with van der Waals surface area (Å²) >= 11 is 0. The molecule has 0 unspecified atom stereocenters. The van der Waals surface area contributed by atoms with E-state index in [2.05, 4.69) is 5.32 Å². The van der Waals surface area contributed by atoms with Crippen molar-refractivity contribution in [2.45, 2.75) is 32.7 Å². The minimum Gasteiger partial charge on any atom is -0.326 e. The fourth-order valence-electron chi connectivity index (χ4n) is 2.32. The van der Waals surface area contributed by atoms with Gasteiger partial charge in [0.25, 0.3) is 0 Å². The standard InChI is InChI=1S/C15H23N3O/c1-2-18(11-12-5-3-6-12)15(19)17-14-8-4-7-13(9-14)10-16/h4,7-9,12H,2-3,5-6,10-11,16H2,1H3,(H,17,19). The number of hydrogen-bond acceptors (Lipinski definition) is 2. The van der Waals surface area contributed by atoms with Crippen molar-refractivity contribution in [3.63, 3.8) is 0 Å². The Morgan fingerprint density at radius 3 is 2.84 bits per heavy atom. The van der Waals surface area contributed by atoms with Crippen molar-refractivity contribution in [3.05, 3.63) is 29.8 Å². The van der Waals surface area contributed by atoms with Gasteiger partial charge >= 0.3 is 6.03 Å². The van der Waals surface area contributed by atoms with E-state index >= 15 is 0 Å². The average molecular weight is 261 g/mol. The zero-order valence-electron chi connectivity index (χ0n) is 11.6. The van der Waals surface area contributed by atoms with Crippen molar-refractivity contribution in [1.82, 2.24) is 4.90 Å². The first kappa shape index (κ1) is 13.9. The van der Waals surface area contributed by atoms with Gasteiger partial charge in [-0.1, -0.05) is 18.6 Å². The topological polar surface area (TPSA) is 58.4 Å². The predicted molar refractivity (Wildman–Crippen MR) is 77.9 cm³/mol. The van der Waals surface area contributed by atoms with Gasteiger partial charge in [0.05, 0.1) is 0 Å². The zero-order valence-corrected chi connectivity index (χ0v) is 11.6. The van der Waals surface area contributed by atoms with Gasteiger partial charge in [0.1, 0.15) is 0 Å². The van der Waals surface area contributed by atoms with Crippen LogP contribution in [-0.4, -0.2) is 24.0 Å². The lowest BCUT2D eigenvalue weighted by Gasteiger charge is -2.31. The first-order valence-corrected chi connectivity index (χ1v) is 7.08. The molecule has 1 saturated carbocycles. The fourth-order valence-corrected chi connectivity index (χ4v) is 2.32. The van der Waals surface area contributed by atoms with Crippen molar-refractivity contribution in [2.75, 3.05) is 18.4 Å². The van der Waals surface area contributed by atoms with Crippen LogP contribution in [0.5, 0.6) is 0 Å². The van der Waals surface area contributed by atoms with E-state index in [0.717, 1.165) is 24.3 Å². The number of nitrogens with two attached hydrogens (primary N) is 1. The molecule has 104 valence electrons. The molecule has 0 bridgehead atoms. The number of anilines is 1. The Morgan fingerprint density at radius 1 is 1.47 bits per heavy atom. The monoisotopic (exact) mass is 261 g/mol. The molecular formula is C15H23N3O. The minimum atomic E-state index is -0.0106. The molecule has 3 N–H and O–H groups in total. The third kappa shape index (κ3) is 3.70. The summed E-state index contributed by atoms with van der Waals surface area (Å²) in [7, 11) is 0. The van der Waals surface area contributed by atoms with Crippen molar-refractivity contribution in [3.8, 4) is 0 Å². The maximum absolute atomic E-state index is 12.2. The van der Waals surface area contributed by atoms with Gasteiger partial charge in [-0.25, -0.2) is 4.79 Å². The van der Waals surface area contributed by atoms with Crippen LogP contribution in [-0.2, 0) is 6.54 Å². The third-order valence-electron chi connectivity index (χ3n) is 3.79. The van der Waals surface area contributed by atoms with Crippen LogP contribution in [0.2, 0.25) is 0 Å². The highest BCUT2D eigenvalue weighted by molar-refractivity contribution is 5.89. The second kappa shape index (κ2) is 6.57. The molecule has 1 fully saturated rings. The van der Waals surface area contributed by atoms with Crippen molar-refractivity contribution in [2.24, 2.45) is 11.7 Å². The van der Waals surface area contributed by atoms with Crippen LogP contribution in [0.1, 0.15) is 31.7 Å². The van der Waals surface area contributed by atoms with Gasteiger partial charge in [0.2, 0.25) is 0 Å². The van der Waals surface area contributed by atoms with Crippen LogP contribution in [0.15, 0.2) is 24.3 Å². The quantitative estimate of drug-likeness (QED) is 0.856. The van der Waals surface area contributed by atoms with Gasteiger partial charge in [-0.05, 0) is 43.4 Å². The summed E-state index contributed by atoms with van der Waals surface area (Å²) in [5.41, 5.74) is 7.45. The van der Waals surface area contributed by atoms with Crippen molar-refractivity contribution in [1.29, 1.82) is 0 Å². The maximum Gasteiger partial charge on any atom is 0.321 e. The molecule has 2 rings (SSSR count). The van der Waals surface area contributed by atoms with Crippen LogP contribution >= 0.6 is 0 Å². The number of amides is 2. The molecule has 1 aliphatic carbocycles. The van der Waals surface area contributed by atoms with E-state index in [9.17, 15) is 4.79 Å². The summed E-state index contributed by atoms with van der Waals surface area (Å²) in [6.45, 7) is 4.13. The number of hydrogen-bond donors (Lipinski definition) is 2. The molecule has 19 heavy (non-hydrogen) atoms. The Hall–Kier alpha value is -1.55. The summed E-state index contributed by atoms with van der Waals surface area (Å²) in [4.78, 5) is 14.1. The summed E-state index contributed by atoms with van der Waals surface area (Å²) < 4.78 is 0. The van der Waals surface area contributed by atoms with Crippen molar-refractivity contribution < 1.29 is 4.79 Å². The maximum atomic E-state index is 12.2. The first-order valence-electron chi connectivity index (χ1n) is 7.08. The van der Waals surface area contributed by atoms with Crippen LogP contribution in [0.4, 0.5) is 10.5 Å². The van der Waals surface area contributed by atoms with Gasteiger partial charge in [0, 0.05) is 25.3 Å². The minimum absolute atomic E-state index is 0.0106. The number of rotatable bonds is 5. The molecule has 0 heterocycles. The molecule has 4 nitrogen and oxygen atoms in total. The average Bonchev–Trinajstić information content (AvgIpc) is 2.37. The predicted octanol–water partition coefficient (Wildman–Crippen LogP) is 2.80. The van der Waals surface area contributed by atoms with Crippen molar-refractivity contribution >= 4 is 11.7 Å². The third-order valence-corrected chi connectivity index (χ3v) is 3.79. The van der Waals surface area contributed by atoms with E-state index in [1.807, 2.05) is 36.1 Å². The van der Waals surface area contributed by atoms with Crippen LogP contribution in [0.25, 0.3) is 0 Å². The smallest absolute Gasteiger partial charge is 0.321 e. The van der Waals surface area contributed by atoms with E-state index in [1.165, 1.54) is 19.3 Å². The first-order chi connectivity index (χ1) is 9.22. The molecule has 1 aliphatic rings. The van der Waals surface area contributed by atoms with E-state index in [-0.39, 0.29) is 6.03 Å². The summed E-state index contributed by atoms with van der Waals surface area (Å²) in [6.07, 6.45) is 3.82. The molecule has 1 aromatic rings. The Bertz CT molecular complexity index is 429. The zero-order chi connectivity index (χ0) is 13.7. The van der Waals surface area contributed by atoms with Crippen LogP contribution in [0.3, 0.4) is 0 Å². The number of carbonyl (C=O) groups excluding carboxylic acids is 1. The number of nitrogens with zero attached hydrogens (tertiary/aromatic N) is 1. The molecule has 4 heteroatoms. The largest absolute Gasteiger partial charge is 0.326 e. The Kier molecular flexibility index (Phi) is 4.80. The molecule has 0 aromatic heterocycles. The highest BCUT2D eigenvalue weighted by atomic mass is 16.2. The second-order valence-electron chi connectivity index (χ2n) is 5.17. The Morgan fingerprint density at radius 2 is 2.26 bits per heavy atom. The summed E-state index contributed by atoms with van der Waals surface area (Å²) in [5.74, 6) is 0.695. The SMILES string of the molecule is CCN(CC1CCC1)C(=O)Nc1cccc(CN)c1. The second-order valence-corrected chi connectivity index (χ2v) is 5.17. The highest BCUT2D eigenvalue weighted by Crippen LogP contribution is 2.27. The summed E-state index contributed by atoms with van der Waals surface area (Å²) in [5, 5.41) is 2.95. The van der Waals surface area contributed by atoms with Gasteiger partial charge in [-0.15, -0.1) is 0 Å². The Balaban J connectivity index is 1.93. The van der Waals surface area contributed by atoms with E-state index in [4.69, 9.17) is 5.73 Å². The number of nitrogens with one attached hydrogen (secondary N) is 1. The lowest BCUT2D eigenvalue weighted by molar-refractivity contribution is 0.182. The van der Waals surface area contributed by atoms with Gasteiger partial charge < -0.3 is 16.0 Å². The van der Waals surface area contributed by atoms with Gasteiger partial charge in [0.15, 0.2) is 0 Å². The Labute approximate surface area is 115 Å². The lowest BCUT2D eigenvalue weighted by atomic mass is 9.85. The van der Waals surface area contributed by atoms with Crippen LogP contribution < -0.4 is 11.1 Å². The molecule has 0 saturated heterocycles. The van der Waals surface area contributed by atoms with E-state index < -0.39 is 0 Å². The highest BCUT2D eigenvalue weighted by Gasteiger charge is 2.22. The van der Waals surface area contributed by atoms with E-state index in [0.29, 0.717) is 12.5 Å². The molecule has 1 aromatic carbocycles. The lowest BCUT2D eigenvalue weighted by Crippen LogP contribution is -2.39. The molecule has 0 spiro atoms.